The Hall–Kier alpha value is -0.680. The summed E-state index contributed by atoms with van der Waals surface area (Å²) in [6.45, 7) is 5.53. The van der Waals surface area contributed by atoms with E-state index < -0.39 is 0 Å². The number of hydrogen-bond donors (Lipinski definition) is 1. The second-order valence-electron chi connectivity index (χ2n) is 4.45. The van der Waals surface area contributed by atoms with Crippen LogP contribution < -0.4 is 4.90 Å². The van der Waals surface area contributed by atoms with Crippen molar-refractivity contribution in [1.82, 2.24) is 9.36 Å². The van der Waals surface area contributed by atoms with E-state index >= 15 is 0 Å². The molecule has 0 bridgehead atoms. The van der Waals surface area contributed by atoms with Crippen LogP contribution >= 0.6 is 11.5 Å². The van der Waals surface area contributed by atoms with E-state index in [1.807, 2.05) is 0 Å². The van der Waals surface area contributed by atoms with Crippen LogP contribution in [0, 0.1) is 5.92 Å². The summed E-state index contributed by atoms with van der Waals surface area (Å²) in [5.41, 5.74) is 0. The Bertz CT molecular complexity index is 342. The van der Waals surface area contributed by atoms with Gasteiger partial charge in [0.1, 0.15) is 5.82 Å². The minimum atomic E-state index is 0.212. The smallest absolute Gasteiger partial charge is 0.205 e. The van der Waals surface area contributed by atoms with Crippen molar-refractivity contribution in [3.05, 3.63) is 5.82 Å². The van der Waals surface area contributed by atoms with Crippen molar-refractivity contribution in [2.75, 3.05) is 18.1 Å². The normalized spacial score (nSPS) is 25.3. The molecule has 2 atom stereocenters. The van der Waals surface area contributed by atoms with Gasteiger partial charge in [-0.1, -0.05) is 13.8 Å². The third kappa shape index (κ3) is 2.20. The zero-order chi connectivity index (χ0) is 11.5. The van der Waals surface area contributed by atoms with Crippen LogP contribution in [0.4, 0.5) is 5.13 Å². The van der Waals surface area contributed by atoms with Crippen molar-refractivity contribution >= 4 is 16.7 Å². The summed E-state index contributed by atoms with van der Waals surface area (Å²) in [4.78, 5) is 6.75. The number of aliphatic hydroxyl groups excluding tert-OH is 1. The highest BCUT2D eigenvalue weighted by Crippen LogP contribution is 2.30. The van der Waals surface area contributed by atoms with Crippen molar-refractivity contribution in [3.8, 4) is 0 Å². The minimum Gasteiger partial charge on any atom is -0.394 e. The van der Waals surface area contributed by atoms with E-state index in [1.165, 1.54) is 11.5 Å². The number of aromatic nitrogens is 2. The predicted octanol–water partition coefficient (Wildman–Crippen LogP) is 1.70. The Labute approximate surface area is 100 Å². The molecule has 0 radical (unpaired) electrons. The molecule has 1 N–H and O–H groups in total. The molecule has 1 aromatic rings. The predicted molar refractivity (Wildman–Crippen MR) is 65.9 cm³/mol. The van der Waals surface area contributed by atoms with E-state index in [2.05, 4.69) is 28.1 Å². The first-order valence-electron chi connectivity index (χ1n) is 5.96. The Morgan fingerprint density at radius 1 is 1.56 bits per heavy atom. The average Bonchev–Trinajstić information content (AvgIpc) is 2.85. The number of aliphatic hydroxyl groups is 1. The molecule has 2 rings (SSSR count). The van der Waals surface area contributed by atoms with E-state index in [1.54, 1.807) is 0 Å². The van der Waals surface area contributed by atoms with Gasteiger partial charge in [0.15, 0.2) is 0 Å². The molecule has 1 aliphatic rings. The van der Waals surface area contributed by atoms with Gasteiger partial charge in [-0.15, -0.1) is 0 Å². The third-order valence-corrected chi connectivity index (χ3v) is 4.04. The average molecular weight is 241 g/mol. The molecular weight excluding hydrogens is 222 g/mol. The van der Waals surface area contributed by atoms with Gasteiger partial charge in [0.2, 0.25) is 5.13 Å². The standard InChI is InChI=1S/C11H19N3OS/c1-3-4-10-12-11(16-13-10)14-6-5-8(2)9(14)7-15/h8-9,15H,3-7H2,1-2H3. The van der Waals surface area contributed by atoms with Crippen molar-refractivity contribution in [1.29, 1.82) is 0 Å². The van der Waals surface area contributed by atoms with Crippen LogP contribution in [0.2, 0.25) is 0 Å². The summed E-state index contributed by atoms with van der Waals surface area (Å²) in [6, 6.07) is 0.224. The van der Waals surface area contributed by atoms with E-state index in [0.717, 1.165) is 36.8 Å². The molecule has 1 fully saturated rings. The molecule has 0 aliphatic carbocycles. The van der Waals surface area contributed by atoms with Gasteiger partial charge in [-0.2, -0.15) is 4.37 Å². The maximum absolute atomic E-state index is 9.39. The summed E-state index contributed by atoms with van der Waals surface area (Å²) in [6.07, 6.45) is 3.16. The van der Waals surface area contributed by atoms with Crippen molar-refractivity contribution in [2.24, 2.45) is 5.92 Å². The fourth-order valence-electron chi connectivity index (χ4n) is 2.21. The summed E-state index contributed by atoms with van der Waals surface area (Å²) in [5.74, 6) is 1.49. The van der Waals surface area contributed by atoms with Crippen LogP contribution in [0.3, 0.4) is 0 Å². The lowest BCUT2D eigenvalue weighted by Gasteiger charge is -2.23. The van der Waals surface area contributed by atoms with Crippen LogP contribution in [0.15, 0.2) is 0 Å². The first kappa shape index (κ1) is 11.8. The maximum Gasteiger partial charge on any atom is 0.205 e. The van der Waals surface area contributed by atoms with Crippen molar-refractivity contribution in [2.45, 2.75) is 39.2 Å². The van der Waals surface area contributed by atoms with Gasteiger partial charge in [0.25, 0.3) is 0 Å². The molecule has 1 saturated heterocycles. The molecule has 16 heavy (non-hydrogen) atoms. The maximum atomic E-state index is 9.39. The quantitative estimate of drug-likeness (QED) is 0.871. The van der Waals surface area contributed by atoms with Gasteiger partial charge >= 0.3 is 0 Å². The highest BCUT2D eigenvalue weighted by Gasteiger charge is 2.32. The first-order valence-corrected chi connectivity index (χ1v) is 6.73. The minimum absolute atomic E-state index is 0.212. The van der Waals surface area contributed by atoms with Crippen LogP contribution in [0.25, 0.3) is 0 Å². The van der Waals surface area contributed by atoms with Crippen molar-refractivity contribution < 1.29 is 5.11 Å². The van der Waals surface area contributed by atoms with Gasteiger partial charge in [0.05, 0.1) is 12.6 Å². The van der Waals surface area contributed by atoms with E-state index in [-0.39, 0.29) is 12.6 Å². The lowest BCUT2D eigenvalue weighted by Crippen LogP contribution is -2.35. The molecule has 5 heteroatoms. The Balaban J connectivity index is 2.10. The summed E-state index contributed by atoms with van der Waals surface area (Å²) in [5, 5.41) is 10.4. The second-order valence-corrected chi connectivity index (χ2v) is 5.18. The number of hydrogen-bond acceptors (Lipinski definition) is 5. The molecule has 0 saturated carbocycles. The van der Waals surface area contributed by atoms with Crippen LogP contribution in [0.1, 0.15) is 32.5 Å². The van der Waals surface area contributed by atoms with E-state index in [4.69, 9.17) is 0 Å². The van der Waals surface area contributed by atoms with Gasteiger partial charge in [-0.3, -0.25) is 0 Å². The van der Waals surface area contributed by atoms with E-state index in [9.17, 15) is 5.11 Å². The molecule has 4 nitrogen and oxygen atoms in total. The fraction of sp³-hybridized carbons (Fsp3) is 0.818. The molecular formula is C11H19N3OS. The highest BCUT2D eigenvalue weighted by molar-refractivity contribution is 7.09. The lowest BCUT2D eigenvalue weighted by atomic mass is 10.0. The lowest BCUT2D eigenvalue weighted by molar-refractivity contribution is 0.244. The monoisotopic (exact) mass is 241 g/mol. The molecule has 2 unspecified atom stereocenters. The number of nitrogens with zero attached hydrogens (tertiary/aromatic N) is 3. The summed E-state index contributed by atoms with van der Waals surface area (Å²) < 4.78 is 4.35. The number of rotatable bonds is 4. The van der Waals surface area contributed by atoms with Gasteiger partial charge in [-0.25, -0.2) is 4.98 Å². The van der Waals surface area contributed by atoms with Crippen molar-refractivity contribution in [3.63, 3.8) is 0 Å². The third-order valence-electron chi connectivity index (χ3n) is 3.25. The number of aryl methyl sites for hydroxylation is 1. The molecule has 0 aromatic carbocycles. The zero-order valence-electron chi connectivity index (χ0n) is 9.89. The van der Waals surface area contributed by atoms with Crippen LogP contribution in [-0.4, -0.2) is 33.7 Å². The fourth-order valence-corrected chi connectivity index (χ4v) is 3.01. The first-order chi connectivity index (χ1) is 7.76. The van der Waals surface area contributed by atoms with Gasteiger partial charge < -0.3 is 10.0 Å². The Morgan fingerprint density at radius 3 is 3.06 bits per heavy atom. The molecule has 1 aromatic heterocycles. The van der Waals surface area contributed by atoms with E-state index in [0.29, 0.717) is 5.92 Å². The van der Waals surface area contributed by atoms with Gasteiger partial charge in [-0.05, 0) is 18.8 Å². The molecule has 90 valence electrons. The number of anilines is 1. The topological polar surface area (TPSA) is 49.2 Å². The van der Waals surface area contributed by atoms with Gasteiger partial charge in [0, 0.05) is 24.5 Å². The summed E-state index contributed by atoms with van der Waals surface area (Å²) in [7, 11) is 0. The Morgan fingerprint density at radius 2 is 2.38 bits per heavy atom. The van der Waals surface area contributed by atoms with Crippen LogP contribution in [0.5, 0.6) is 0 Å². The molecule has 0 spiro atoms. The zero-order valence-corrected chi connectivity index (χ0v) is 10.7. The highest BCUT2D eigenvalue weighted by atomic mass is 32.1. The molecule has 0 amide bonds. The largest absolute Gasteiger partial charge is 0.394 e. The SMILES string of the molecule is CCCc1nsc(N2CCC(C)C2CO)n1. The Kier molecular flexibility index (Phi) is 3.76. The molecule has 1 aliphatic heterocycles. The molecule has 2 heterocycles. The van der Waals surface area contributed by atoms with Crippen LogP contribution in [-0.2, 0) is 6.42 Å². The summed E-state index contributed by atoms with van der Waals surface area (Å²) >= 11 is 1.46. The second kappa shape index (κ2) is 5.10.